The van der Waals surface area contributed by atoms with Crippen LogP contribution in [0.2, 0.25) is 5.02 Å². The second-order valence-electron chi connectivity index (χ2n) is 4.06. The lowest BCUT2D eigenvalue weighted by molar-refractivity contribution is -0.383. The molecule has 0 radical (unpaired) electrons. The van der Waals surface area contributed by atoms with Gasteiger partial charge in [-0.2, -0.15) is 0 Å². The van der Waals surface area contributed by atoms with E-state index in [-0.39, 0.29) is 17.3 Å². The van der Waals surface area contributed by atoms with Crippen LogP contribution in [0.25, 0.3) is 0 Å². The van der Waals surface area contributed by atoms with Crippen LogP contribution in [0.3, 0.4) is 0 Å². The third-order valence-corrected chi connectivity index (χ3v) is 2.34. The molecule has 88 valence electrons. The Morgan fingerprint density at radius 1 is 1.56 bits per heavy atom. The minimum absolute atomic E-state index is 0.0729. The SMILES string of the molecule is CC(C)(CO)Nc1cccc(Cl)c1[N+](=O)[O-]. The van der Waals surface area contributed by atoms with E-state index in [4.69, 9.17) is 16.7 Å². The van der Waals surface area contributed by atoms with Crippen molar-refractivity contribution in [3.8, 4) is 0 Å². The fourth-order valence-electron chi connectivity index (χ4n) is 1.21. The molecule has 0 fully saturated rings. The number of para-hydroxylation sites is 1. The number of hydrogen-bond acceptors (Lipinski definition) is 4. The molecule has 0 saturated heterocycles. The summed E-state index contributed by atoms with van der Waals surface area (Å²) in [7, 11) is 0. The Morgan fingerprint density at radius 2 is 2.19 bits per heavy atom. The third kappa shape index (κ3) is 2.84. The van der Waals surface area contributed by atoms with Gasteiger partial charge in [0.1, 0.15) is 10.7 Å². The molecule has 2 N–H and O–H groups in total. The average molecular weight is 245 g/mol. The third-order valence-electron chi connectivity index (χ3n) is 2.04. The molecule has 0 spiro atoms. The van der Waals surface area contributed by atoms with Crippen LogP contribution in [0.4, 0.5) is 11.4 Å². The molecule has 1 aromatic rings. The molecule has 0 aliphatic heterocycles. The van der Waals surface area contributed by atoms with E-state index in [1.54, 1.807) is 26.0 Å². The number of nitro benzene ring substituents is 1. The first-order valence-corrected chi connectivity index (χ1v) is 5.07. The molecule has 0 saturated carbocycles. The zero-order chi connectivity index (χ0) is 12.3. The highest BCUT2D eigenvalue weighted by Crippen LogP contribution is 2.33. The maximum atomic E-state index is 10.8. The fraction of sp³-hybridized carbons (Fsp3) is 0.400. The Morgan fingerprint density at radius 3 is 2.69 bits per heavy atom. The van der Waals surface area contributed by atoms with Gasteiger partial charge in [0.15, 0.2) is 0 Å². The summed E-state index contributed by atoms with van der Waals surface area (Å²) in [5.74, 6) is 0. The first-order chi connectivity index (χ1) is 7.37. The molecule has 0 unspecified atom stereocenters. The van der Waals surface area contributed by atoms with Crippen LogP contribution in [0.15, 0.2) is 18.2 Å². The van der Waals surface area contributed by atoms with E-state index in [0.717, 1.165) is 0 Å². The van der Waals surface area contributed by atoms with E-state index < -0.39 is 10.5 Å². The summed E-state index contributed by atoms with van der Waals surface area (Å²) in [6, 6.07) is 4.63. The van der Waals surface area contributed by atoms with Crippen molar-refractivity contribution in [1.29, 1.82) is 0 Å². The molecule has 0 aromatic heterocycles. The van der Waals surface area contributed by atoms with E-state index in [2.05, 4.69) is 5.32 Å². The molecule has 0 heterocycles. The normalized spacial score (nSPS) is 11.2. The standard InChI is InChI=1S/C10H13ClN2O3/c1-10(2,6-14)12-8-5-3-4-7(11)9(8)13(15)16/h3-5,12,14H,6H2,1-2H3. The van der Waals surface area contributed by atoms with Crippen LogP contribution in [0, 0.1) is 10.1 Å². The van der Waals surface area contributed by atoms with Crippen molar-refractivity contribution in [2.45, 2.75) is 19.4 Å². The topological polar surface area (TPSA) is 75.4 Å². The van der Waals surface area contributed by atoms with E-state index in [1.165, 1.54) is 6.07 Å². The van der Waals surface area contributed by atoms with Crippen molar-refractivity contribution in [2.24, 2.45) is 0 Å². The van der Waals surface area contributed by atoms with Gasteiger partial charge in [-0.15, -0.1) is 0 Å². The molecule has 0 bridgehead atoms. The van der Waals surface area contributed by atoms with Gasteiger partial charge in [0.25, 0.3) is 0 Å². The second-order valence-corrected chi connectivity index (χ2v) is 4.47. The molecule has 0 aliphatic carbocycles. The van der Waals surface area contributed by atoms with Crippen molar-refractivity contribution in [3.63, 3.8) is 0 Å². The molecule has 0 amide bonds. The zero-order valence-corrected chi connectivity index (χ0v) is 9.78. The summed E-state index contributed by atoms with van der Waals surface area (Å²) in [6.07, 6.45) is 0. The van der Waals surface area contributed by atoms with Crippen LogP contribution in [0.1, 0.15) is 13.8 Å². The second kappa shape index (κ2) is 4.67. The van der Waals surface area contributed by atoms with Crippen LogP contribution in [-0.2, 0) is 0 Å². The molecule has 6 heteroatoms. The average Bonchev–Trinajstić information content (AvgIpc) is 2.16. The summed E-state index contributed by atoms with van der Waals surface area (Å²) >= 11 is 5.75. The van der Waals surface area contributed by atoms with Crippen LogP contribution < -0.4 is 5.32 Å². The smallest absolute Gasteiger partial charge is 0.310 e. The Labute approximate surface area is 98.2 Å². The van der Waals surface area contributed by atoms with Gasteiger partial charge >= 0.3 is 5.69 Å². The minimum atomic E-state index is -0.643. The number of nitrogens with one attached hydrogen (secondary N) is 1. The Balaban J connectivity index is 3.14. The van der Waals surface area contributed by atoms with E-state index in [0.29, 0.717) is 5.69 Å². The van der Waals surface area contributed by atoms with Crippen molar-refractivity contribution < 1.29 is 10.0 Å². The summed E-state index contributed by atoms with van der Waals surface area (Å²) in [4.78, 5) is 10.3. The number of aliphatic hydroxyl groups is 1. The summed E-state index contributed by atoms with van der Waals surface area (Å²) < 4.78 is 0. The molecule has 0 atom stereocenters. The number of benzene rings is 1. The number of anilines is 1. The lowest BCUT2D eigenvalue weighted by atomic mass is 10.1. The van der Waals surface area contributed by atoms with Crippen LogP contribution >= 0.6 is 11.6 Å². The highest BCUT2D eigenvalue weighted by Gasteiger charge is 2.23. The van der Waals surface area contributed by atoms with Crippen molar-refractivity contribution >= 4 is 23.0 Å². The number of nitro groups is 1. The van der Waals surface area contributed by atoms with Crippen LogP contribution in [0.5, 0.6) is 0 Å². The molecule has 5 nitrogen and oxygen atoms in total. The highest BCUT2D eigenvalue weighted by atomic mass is 35.5. The molecule has 1 rings (SSSR count). The molecular formula is C10H13ClN2O3. The highest BCUT2D eigenvalue weighted by molar-refractivity contribution is 6.33. The van der Waals surface area contributed by atoms with Gasteiger partial charge < -0.3 is 10.4 Å². The van der Waals surface area contributed by atoms with Gasteiger partial charge in [-0.05, 0) is 26.0 Å². The van der Waals surface area contributed by atoms with Crippen LogP contribution in [-0.4, -0.2) is 22.2 Å². The van der Waals surface area contributed by atoms with Gasteiger partial charge in [0, 0.05) is 0 Å². The van der Waals surface area contributed by atoms with Crippen molar-refractivity contribution in [2.75, 3.05) is 11.9 Å². The molecule has 0 aliphatic rings. The zero-order valence-electron chi connectivity index (χ0n) is 9.03. The lowest BCUT2D eigenvalue weighted by Gasteiger charge is -2.24. The number of halogens is 1. The number of aliphatic hydroxyl groups excluding tert-OH is 1. The van der Waals surface area contributed by atoms with E-state index in [1.807, 2.05) is 0 Å². The molecule has 16 heavy (non-hydrogen) atoms. The Hall–Kier alpha value is -1.33. The number of rotatable bonds is 4. The van der Waals surface area contributed by atoms with E-state index in [9.17, 15) is 10.1 Å². The summed E-state index contributed by atoms with van der Waals surface area (Å²) in [6.45, 7) is 3.33. The van der Waals surface area contributed by atoms with Crippen molar-refractivity contribution in [3.05, 3.63) is 33.3 Å². The summed E-state index contributed by atoms with van der Waals surface area (Å²) in [5.41, 5.74) is -0.516. The van der Waals surface area contributed by atoms with Gasteiger partial charge in [0.2, 0.25) is 0 Å². The maximum Gasteiger partial charge on any atom is 0.310 e. The lowest BCUT2D eigenvalue weighted by Crippen LogP contribution is -2.35. The van der Waals surface area contributed by atoms with E-state index >= 15 is 0 Å². The van der Waals surface area contributed by atoms with Gasteiger partial charge in [-0.25, -0.2) is 0 Å². The van der Waals surface area contributed by atoms with Gasteiger partial charge in [0.05, 0.1) is 17.1 Å². The monoisotopic (exact) mass is 244 g/mol. The fourth-order valence-corrected chi connectivity index (χ4v) is 1.45. The number of hydrogen-bond donors (Lipinski definition) is 2. The minimum Gasteiger partial charge on any atom is -0.394 e. The molecule has 1 aromatic carbocycles. The number of nitrogens with zero attached hydrogens (tertiary/aromatic N) is 1. The predicted molar refractivity (Wildman–Crippen MR) is 62.9 cm³/mol. The quantitative estimate of drug-likeness (QED) is 0.630. The Kier molecular flexibility index (Phi) is 3.72. The predicted octanol–water partition coefficient (Wildman–Crippen LogP) is 2.43. The molecular weight excluding hydrogens is 232 g/mol. The first-order valence-electron chi connectivity index (χ1n) is 4.69. The van der Waals surface area contributed by atoms with Gasteiger partial charge in [-0.1, -0.05) is 17.7 Å². The summed E-state index contributed by atoms with van der Waals surface area (Å²) in [5, 5.41) is 22.9. The Bertz CT molecular complexity index is 407. The maximum absolute atomic E-state index is 10.8. The van der Waals surface area contributed by atoms with Crippen molar-refractivity contribution in [1.82, 2.24) is 0 Å². The van der Waals surface area contributed by atoms with Gasteiger partial charge in [-0.3, -0.25) is 10.1 Å². The largest absolute Gasteiger partial charge is 0.394 e. The first kappa shape index (κ1) is 12.7.